The summed E-state index contributed by atoms with van der Waals surface area (Å²) in [5.41, 5.74) is 6.29. The fraction of sp³-hybridized carbons (Fsp3) is 0.250. The molecule has 0 aliphatic rings. The summed E-state index contributed by atoms with van der Waals surface area (Å²) < 4.78 is 24.3. The molecule has 0 amide bonds. The van der Waals surface area contributed by atoms with Crippen LogP contribution in [-0.2, 0) is 6.42 Å². The molecule has 0 heterocycles. The van der Waals surface area contributed by atoms with Crippen molar-refractivity contribution in [2.45, 2.75) is 6.42 Å². The Morgan fingerprint density at radius 2 is 1.70 bits per heavy atom. The molecule has 0 radical (unpaired) electrons. The average molecular weight is 275 g/mol. The highest BCUT2D eigenvalue weighted by molar-refractivity contribution is 5.34. The Morgan fingerprint density at radius 3 is 2.45 bits per heavy atom. The van der Waals surface area contributed by atoms with Crippen LogP contribution in [0.15, 0.2) is 48.5 Å². The standard InChI is InChI=1S/C16H18FNO2/c17-14-6-7-16(13(12-14)8-9-18)20-11-10-19-15-4-2-1-3-5-15/h1-7,12H,8-11,18H2. The normalized spacial score (nSPS) is 10.3. The minimum atomic E-state index is -0.277. The first-order valence-electron chi connectivity index (χ1n) is 6.59. The molecule has 0 aliphatic carbocycles. The van der Waals surface area contributed by atoms with Crippen molar-refractivity contribution in [3.05, 3.63) is 59.9 Å². The van der Waals surface area contributed by atoms with Crippen molar-refractivity contribution >= 4 is 0 Å². The van der Waals surface area contributed by atoms with E-state index in [4.69, 9.17) is 15.2 Å². The molecule has 2 rings (SSSR count). The third kappa shape index (κ3) is 4.24. The molecule has 0 unspecified atom stereocenters. The van der Waals surface area contributed by atoms with E-state index < -0.39 is 0 Å². The Kier molecular flexibility index (Phi) is 5.38. The zero-order valence-corrected chi connectivity index (χ0v) is 11.2. The number of nitrogens with two attached hydrogens (primary N) is 1. The van der Waals surface area contributed by atoms with Gasteiger partial charge < -0.3 is 15.2 Å². The minimum absolute atomic E-state index is 0.277. The molecule has 0 spiro atoms. The lowest BCUT2D eigenvalue weighted by Gasteiger charge is -2.12. The Labute approximate surface area is 118 Å². The van der Waals surface area contributed by atoms with Crippen molar-refractivity contribution in [3.63, 3.8) is 0 Å². The van der Waals surface area contributed by atoms with Gasteiger partial charge in [0, 0.05) is 0 Å². The largest absolute Gasteiger partial charge is 0.490 e. The Hall–Kier alpha value is -2.07. The minimum Gasteiger partial charge on any atom is -0.490 e. The van der Waals surface area contributed by atoms with Crippen molar-refractivity contribution in [3.8, 4) is 11.5 Å². The van der Waals surface area contributed by atoms with Crippen LogP contribution in [0.25, 0.3) is 0 Å². The van der Waals surface area contributed by atoms with Gasteiger partial charge in [-0.25, -0.2) is 4.39 Å². The van der Waals surface area contributed by atoms with Gasteiger partial charge in [0.2, 0.25) is 0 Å². The summed E-state index contributed by atoms with van der Waals surface area (Å²) in [5, 5.41) is 0. The maximum atomic E-state index is 13.2. The van der Waals surface area contributed by atoms with Crippen LogP contribution in [0.4, 0.5) is 4.39 Å². The van der Waals surface area contributed by atoms with Crippen molar-refractivity contribution in [2.24, 2.45) is 5.73 Å². The predicted molar refractivity (Wildman–Crippen MR) is 76.6 cm³/mol. The van der Waals surface area contributed by atoms with E-state index in [0.29, 0.717) is 31.9 Å². The summed E-state index contributed by atoms with van der Waals surface area (Å²) in [6, 6.07) is 14.0. The first-order chi connectivity index (χ1) is 9.79. The number of rotatable bonds is 7. The van der Waals surface area contributed by atoms with E-state index in [1.807, 2.05) is 30.3 Å². The number of para-hydroxylation sites is 1. The molecular formula is C16H18FNO2. The molecule has 3 nitrogen and oxygen atoms in total. The SMILES string of the molecule is NCCc1cc(F)ccc1OCCOc1ccccc1. The molecule has 2 aromatic carbocycles. The summed E-state index contributed by atoms with van der Waals surface area (Å²) in [5.74, 6) is 1.19. The van der Waals surface area contributed by atoms with Crippen LogP contribution < -0.4 is 15.2 Å². The maximum absolute atomic E-state index is 13.2. The molecule has 20 heavy (non-hydrogen) atoms. The van der Waals surface area contributed by atoms with Crippen LogP contribution in [0.1, 0.15) is 5.56 Å². The van der Waals surface area contributed by atoms with Gasteiger partial charge in [0.15, 0.2) is 0 Å². The number of hydrogen-bond donors (Lipinski definition) is 1. The van der Waals surface area contributed by atoms with E-state index in [1.54, 1.807) is 6.07 Å². The molecule has 0 fully saturated rings. The van der Waals surface area contributed by atoms with Gasteiger partial charge in [-0.1, -0.05) is 18.2 Å². The summed E-state index contributed by atoms with van der Waals surface area (Å²) in [7, 11) is 0. The lowest BCUT2D eigenvalue weighted by molar-refractivity contribution is 0.216. The van der Waals surface area contributed by atoms with Crippen molar-refractivity contribution < 1.29 is 13.9 Å². The van der Waals surface area contributed by atoms with E-state index in [0.717, 1.165) is 11.3 Å². The highest BCUT2D eigenvalue weighted by Crippen LogP contribution is 2.20. The number of benzene rings is 2. The van der Waals surface area contributed by atoms with Crippen LogP contribution in [0.3, 0.4) is 0 Å². The second-order valence-corrected chi connectivity index (χ2v) is 4.30. The molecule has 106 valence electrons. The van der Waals surface area contributed by atoms with Gasteiger partial charge in [-0.15, -0.1) is 0 Å². The predicted octanol–water partition coefficient (Wildman–Crippen LogP) is 2.78. The monoisotopic (exact) mass is 275 g/mol. The van der Waals surface area contributed by atoms with Gasteiger partial charge in [-0.2, -0.15) is 0 Å². The first-order valence-corrected chi connectivity index (χ1v) is 6.59. The van der Waals surface area contributed by atoms with Crippen molar-refractivity contribution in [2.75, 3.05) is 19.8 Å². The third-order valence-electron chi connectivity index (χ3n) is 2.79. The van der Waals surface area contributed by atoms with Crippen LogP contribution in [0.5, 0.6) is 11.5 Å². The molecule has 0 saturated carbocycles. The van der Waals surface area contributed by atoms with Crippen LogP contribution in [-0.4, -0.2) is 19.8 Å². The van der Waals surface area contributed by atoms with Gasteiger partial charge in [-0.3, -0.25) is 0 Å². The molecule has 0 aromatic heterocycles. The quantitative estimate of drug-likeness (QED) is 0.790. The molecule has 2 N–H and O–H groups in total. The molecular weight excluding hydrogens is 257 g/mol. The maximum Gasteiger partial charge on any atom is 0.123 e. The number of halogens is 1. The number of ether oxygens (including phenoxy) is 2. The smallest absolute Gasteiger partial charge is 0.123 e. The Balaban J connectivity index is 1.84. The van der Waals surface area contributed by atoms with E-state index in [2.05, 4.69) is 0 Å². The van der Waals surface area contributed by atoms with E-state index in [9.17, 15) is 4.39 Å². The van der Waals surface area contributed by atoms with Crippen molar-refractivity contribution in [1.82, 2.24) is 0 Å². The molecule has 0 aliphatic heterocycles. The highest BCUT2D eigenvalue weighted by atomic mass is 19.1. The lowest BCUT2D eigenvalue weighted by atomic mass is 10.1. The third-order valence-corrected chi connectivity index (χ3v) is 2.79. The second-order valence-electron chi connectivity index (χ2n) is 4.30. The molecule has 0 atom stereocenters. The van der Waals surface area contributed by atoms with E-state index in [-0.39, 0.29) is 5.82 Å². The fourth-order valence-electron chi connectivity index (χ4n) is 1.87. The molecule has 4 heteroatoms. The first kappa shape index (κ1) is 14.3. The molecule has 0 bridgehead atoms. The second kappa shape index (κ2) is 7.50. The van der Waals surface area contributed by atoms with Gasteiger partial charge in [-0.05, 0) is 48.9 Å². The zero-order valence-electron chi connectivity index (χ0n) is 11.2. The zero-order chi connectivity index (χ0) is 14.2. The number of hydrogen-bond acceptors (Lipinski definition) is 3. The van der Waals surface area contributed by atoms with Gasteiger partial charge in [0.1, 0.15) is 30.5 Å². The summed E-state index contributed by atoms with van der Waals surface area (Å²) >= 11 is 0. The highest BCUT2D eigenvalue weighted by Gasteiger charge is 2.05. The van der Waals surface area contributed by atoms with Crippen LogP contribution >= 0.6 is 0 Å². The van der Waals surface area contributed by atoms with Crippen LogP contribution in [0.2, 0.25) is 0 Å². The van der Waals surface area contributed by atoms with Crippen molar-refractivity contribution in [1.29, 1.82) is 0 Å². The van der Waals surface area contributed by atoms with Gasteiger partial charge >= 0.3 is 0 Å². The lowest BCUT2D eigenvalue weighted by Crippen LogP contribution is -2.11. The summed E-state index contributed by atoms with van der Waals surface area (Å²) in [6.45, 7) is 1.29. The fourth-order valence-corrected chi connectivity index (χ4v) is 1.87. The van der Waals surface area contributed by atoms with Crippen LogP contribution in [0, 0.1) is 5.82 Å². The van der Waals surface area contributed by atoms with E-state index >= 15 is 0 Å². The van der Waals surface area contributed by atoms with E-state index in [1.165, 1.54) is 12.1 Å². The molecule has 2 aromatic rings. The summed E-state index contributed by atoms with van der Waals surface area (Å²) in [6.07, 6.45) is 0.590. The van der Waals surface area contributed by atoms with Gasteiger partial charge in [0.25, 0.3) is 0 Å². The topological polar surface area (TPSA) is 44.5 Å². The Bertz CT molecular complexity index is 531. The Morgan fingerprint density at radius 1 is 0.950 bits per heavy atom. The molecule has 0 saturated heterocycles. The van der Waals surface area contributed by atoms with Gasteiger partial charge in [0.05, 0.1) is 0 Å². The summed E-state index contributed by atoms with van der Waals surface area (Å²) in [4.78, 5) is 0. The average Bonchev–Trinajstić information content (AvgIpc) is 2.47.